The molecule has 2 rings (SSSR count). The van der Waals surface area contributed by atoms with Gasteiger partial charge >= 0.3 is 0 Å². The van der Waals surface area contributed by atoms with Gasteiger partial charge in [0.15, 0.2) is 0 Å². The highest BCUT2D eigenvalue weighted by molar-refractivity contribution is 6.42. The average Bonchev–Trinajstić information content (AvgIpc) is 2.40. The summed E-state index contributed by atoms with van der Waals surface area (Å²) in [6, 6.07) is 4.21. The number of nitrogens with one attached hydrogen (secondary N) is 2. The third-order valence-electron chi connectivity index (χ3n) is 3.18. The Balaban J connectivity index is 2.34. The SMILES string of the molecule is CC(C)(C)C1CCNc2cc(Cl)c(Cl)cc2N1. The molecule has 1 heterocycles. The number of hydrogen-bond acceptors (Lipinski definition) is 2. The maximum atomic E-state index is 6.06. The fourth-order valence-electron chi connectivity index (χ4n) is 2.07. The summed E-state index contributed by atoms with van der Waals surface area (Å²) < 4.78 is 0. The van der Waals surface area contributed by atoms with Crippen LogP contribution in [0, 0.1) is 5.41 Å². The van der Waals surface area contributed by atoms with E-state index in [-0.39, 0.29) is 5.41 Å². The minimum atomic E-state index is 0.218. The van der Waals surface area contributed by atoms with Gasteiger partial charge in [0, 0.05) is 12.6 Å². The van der Waals surface area contributed by atoms with Crippen LogP contribution in [-0.4, -0.2) is 12.6 Å². The van der Waals surface area contributed by atoms with Crippen LogP contribution in [0.4, 0.5) is 11.4 Å². The van der Waals surface area contributed by atoms with Crippen molar-refractivity contribution in [2.45, 2.75) is 33.2 Å². The van der Waals surface area contributed by atoms with Crippen molar-refractivity contribution in [1.29, 1.82) is 0 Å². The Kier molecular flexibility index (Phi) is 3.46. The first kappa shape index (κ1) is 12.8. The van der Waals surface area contributed by atoms with Gasteiger partial charge in [0.05, 0.1) is 21.4 Å². The second-order valence-electron chi connectivity index (χ2n) is 5.59. The zero-order valence-corrected chi connectivity index (χ0v) is 11.9. The van der Waals surface area contributed by atoms with Crippen molar-refractivity contribution in [1.82, 2.24) is 0 Å². The first-order valence-corrected chi connectivity index (χ1v) is 6.63. The molecule has 2 nitrogen and oxygen atoms in total. The third-order valence-corrected chi connectivity index (χ3v) is 3.91. The van der Waals surface area contributed by atoms with Gasteiger partial charge in [0.2, 0.25) is 0 Å². The maximum Gasteiger partial charge on any atom is 0.0614 e. The largest absolute Gasteiger partial charge is 0.383 e. The predicted octanol–water partition coefficient (Wildman–Crippen LogP) is 4.64. The van der Waals surface area contributed by atoms with E-state index in [2.05, 4.69) is 31.4 Å². The molecule has 0 saturated heterocycles. The van der Waals surface area contributed by atoms with Crippen LogP contribution in [0.25, 0.3) is 0 Å². The molecule has 1 aromatic carbocycles. The van der Waals surface area contributed by atoms with Gasteiger partial charge in [-0.05, 0) is 24.0 Å². The Morgan fingerprint density at radius 2 is 1.71 bits per heavy atom. The quantitative estimate of drug-likeness (QED) is 0.719. The minimum Gasteiger partial charge on any atom is -0.383 e. The summed E-state index contributed by atoms with van der Waals surface area (Å²) in [5.41, 5.74) is 2.29. The molecular weight excluding hydrogens is 255 g/mol. The Morgan fingerprint density at radius 1 is 1.12 bits per heavy atom. The lowest BCUT2D eigenvalue weighted by atomic mass is 9.85. The molecule has 1 aromatic rings. The number of benzene rings is 1. The van der Waals surface area contributed by atoms with E-state index in [4.69, 9.17) is 23.2 Å². The summed E-state index contributed by atoms with van der Waals surface area (Å²) in [5, 5.41) is 8.14. The second kappa shape index (κ2) is 4.58. The van der Waals surface area contributed by atoms with Crippen LogP contribution < -0.4 is 10.6 Å². The Bertz CT molecular complexity index is 424. The molecule has 0 aliphatic carbocycles. The summed E-state index contributed by atoms with van der Waals surface area (Å²) in [6.45, 7) is 7.67. The number of hydrogen-bond donors (Lipinski definition) is 2. The van der Waals surface area contributed by atoms with Crippen molar-refractivity contribution in [3.05, 3.63) is 22.2 Å². The van der Waals surface area contributed by atoms with Crippen molar-refractivity contribution in [3.8, 4) is 0 Å². The van der Waals surface area contributed by atoms with Crippen molar-refractivity contribution in [3.63, 3.8) is 0 Å². The molecule has 0 amide bonds. The highest BCUT2D eigenvalue weighted by Crippen LogP contribution is 2.37. The fourth-order valence-corrected chi connectivity index (χ4v) is 2.40. The monoisotopic (exact) mass is 272 g/mol. The molecule has 4 heteroatoms. The van der Waals surface area contributed by atoms with E-state index in [1.807, 2.05) is 12.1 Å². The zero-order chi connectivity index (χ0) is 12.6. The summed E-state index contributed by atoms with van der Waals surface area (Å²) in [5.74, 6) is 0. The smallest absolute Gasteiger partial charge is 0.0614 e. The lowest BCUT2D eigenvalue weighted by Crippen LogP contribution is -2.34. The molecule has 0 saturated carbocycles. The van der Waals surface area contributed by atoms with E-state index in [1.165, 1.54) is 0 Å². The van der Waals surface area contributed by atoms with Crippen molar-refractivity contribution < 1.29 is 0 Å². The van der Waals surface area contributed by atoms with Crippen LogP contribution in [0.2, 0.25) is 10.0 Å². The van der Waals surface area contributed by atoms with Crippen LogP contribution in [0.1, 0.15) is 27.2 Å². The van der Waals surface area contributed by atoms with E-state index in [0.717, 1.165) is 24.3 Å². The van der Waals surface area contributed by atoms with Crippen LogP contribution in [0.15, 0.2) is 12.1 Å². The van der Waals surface area contributed by atoms with Gasteiger partial charge in [-0.25, -0.2) is 0 Å². The minimum absolute atomic E-state index is 0.218. The van der Waals surface area contributed by atoms with E-state index >= 15 is 0 Å². The molecule has 0 aromatic heterocycles. The molecule has 1 unspecified atom stereocenters. The number of rotatable bonds is 0. The predicted molar refractivity (Wildman–Crippen MR) is 76.4 cm³/mol. The lowest BCUT2D eigenvalue weighted by molar-refractivity contribution is 0.332. The van der Waals surface area contributed by atoms with Gasteiger partial charge in [-0.1, -0.05) is 44.0 Å². The average molecular weight is 273 g/mol. The molecule has 0 fully saturated rings. The standard InChI is InChI=1S/C13H18Cl2N2/c1-13(2,3)12-4-5-16-10-6-8(14)9(15)7-11(10)17-12/h6-7,12,16-17H,4-5H2,1-3H3. The van der Waals surface area contributed by atoms with Crippen molar-refractivity contribution in [2.24, 2.45) is 5.41 Å². The van der Waals surface area contributed by atoms with Gasteiger partial charge in [0.25, 0.3) is 0 Å². The van der Waals surface area contributed by atoms with E-state index < -0.39 is 0 Å². The van der Waals surface area contributed by atoms with Crippen LogP contribution in [0.3, 0.4) is 0 Å². The molecule has 2 N–H and O–H groups in total. The number of anilines is 2. The zero-order valence-electron chi connectivity index (χ0n) is 10.4. The topological polar surface area (TPSA) is 24.1 Å². The van der Waals surface area contributed by atoms with Crippen LogP contribution >= 0.6 is 23.2 Å². The molecule has 1 atom stereocenters. The molecule has 1 aliphatic rings. The maximum absolute atomic E-state index is 6.06. The van der Waals surface area contributed by atoms with Gasteiger partial charge in [-0.3, -0.25) is 0 Å². The van der Waals surface area contributed by atoms with Gasteiger partial charge in [-0.2, -0.15) is 0 Å². The van der Waals surface area contributed by atoms with E-state index in [1.54, 1.807) is 0 Å². The molecule has 0 spiro atoms. The lowest BCUT2D eigenvalue weighted by Gasteiger charge is -2.31. The van der Waals surface area contributed by atoms with E-state index in [0.29, 0.717) is 16.1 Å². The van der Waals surface area contributed by atoms with Crippen LogP contribution in [0.5, 0.6) is 0 Å². The highest BCUT2D eigenvalue weighted by atomic mass is 35.5. The summed E-state index contributed by atoms with van der Waals surface area (Å²) in [4.78, 5) is 0. The van der Waals surface area contributed by atoms with E-state index in [9.17, 15) is 0 Å². The Morgan fingerprint density at radius 3 is 2.29 bits per heavy atom. The Hall–Kier alpha value is -0.600. The van der Waals surface area contributed by atoms with Gasteiger partial charge < -0.3 is 10.6 Å². The Labute approximate surface area is 113 Å². The molecule has 0 radical (unpaired) electrons. The number of halogens is 2. The van der Waals surface area contributed by atoms with Crippen LogP contribution in [-0.2, 0) is 0 Å². The van der Waals surface area contributed by atoms with Crippen molar-refractivity contribution in [2.75, 3.05) is 17.2 Å². The third kappa shape index (κ3) is 2.80. The van der Waals surface area contributed by atoms with Gasteiger partial charge in [-0.15, -0.1) is 0 Å². The van der Waals surface area contributed by atoms with Crippen molar-refractivity contribution >= 4 is 34.6 Å². The molecule has 1 aliphatic heterocycles. The first-order chi connectivity index (χ1) is 7.88. The highest BCUT2D eigenvalue weighted by Gasteiger charge is 2.27. The molecule has 17 heavy (non-hydrogen) atoms. The fraction of sp³-hybridized carbons (Fsp3) is 0.538. The summed E-state index contributed by atoms with van der Waals surface area (Å²) in [6.07, 6.45) is 1.08. The molecule has 0 bridgehead atoms. The summed E-state index contributed by atoms with van der Waals surface area (Å²) >= 11 is 12.1. The first-order valence-electron chi connectivity index (χ1n) is 5.87. The van der Waals surface area contributed by atoms with Gasteiger partial charge in [0.1, 0.15) is 0 Å². The molecule has 94 valence electrons. The summed E-state index contributed by atoms with van der Waals surface area (Å²) in [7, 11) is 0. The normalized spacial score (nSPS) is 19.9. The number of fused-ring (bicyclic) bond motifs is 1. The second-order valence-corrected chi connectivity index (χ2v) is 6.40. The molecular formula is C13H18Cl2N2.